The van der Waals surface area contributed by atoms with Crippen LogP contribution < -0.4 is 10.1 Å². The van der Waals surface area contributed by atoms with Crippen molar-refractivity contribution in [2.24, 2.45) is 0 Å². The molecule has 2 aromatic rings. The van der Waals surface area contributed by atoms with Gasteiger partial charge >= 0.3 is 0 Å². The molecule has 1 heterocycles. The molecule has 0 spiro atoms. The highest BCUT2D eigenvalue weighted by molar-refractivity contribution is 5.80. The minimum absolute atomic E-state index is 0.105. The summed E-state index contributed by atoms with van der Waals surface area (Å²) in [6.07, 6.45) is 3.47. The minimum atomic E-state index is -0.518. The molecule has 0 radical (unpaired) electrons. The van der Waals surface area contributed by atoms with E-state index in [1.54, 1.807) is 6.92 Å². The molecule has 0 unspecified atom stereocenters. The van der Waals surface area contributed by atoms with Gasteiger partial charge in [0.1, 0.15) is 5.75 Å². The van der Waals surface area contributed by atoms with Crippen molar-refractivity contribution in [3.05, 3.63) is 65.7 Å². The van der Waals surface area contributed by atoms with E-state index >= 15 is 0 Å². The topological polar surface area (TPSA) is 41.6 Å². The zero-order chi connectivity index (χ0) is 18.2. The standard InChI is InChI=1S/C22H28N2O2/c1-18(26-21-8-4-2-5-9-21)22(25)23-16-19-10-12-20(13-11-19)17-24-14-6-3-7-15-24/h2,4-5,8-13,18H,3,6-7,14-17H2,1H3,(H,23,25)/t18-/m0/s1. The van der Waals surface area contributed by atoms with Crippen LogP contribution in [0.15, 0.2) is 54.6 Å². The fourth-order valence-corrected chi connectivity index (χ4v) is 3.23. The van der Waals surface area contributed by atoms with Crippen molar-refractivity contribution < 1.29 is 9.53 Å². The summed E-state index contributed by atoms with van der Waals surface area (Å²) in [6, 6.07) is 17.9. The first-order valence-electron chi connectivity index (χ1n) is 9.50. The van der Waals surface area contributed by atoms with Gasteiger partial charge in [-0.3, -0.25) is 9.69 Å². The van der Waals surface area contributed by atoms with E-state index in [9.17, 15) is 4.79 Å². The lowest BCUT2D eigenvalue weighted by Crippen LogP contribution is -2.35. The zero-order valence-electron chi connectivity index (χ0n) is 15.5. The SMILES string of the molecule is C[C@H](Oc1ccccc1)C(=O)NCc1ccc(CN2CCCCC2)cc1. The predicted molar refractivity (Wildman–Crippen MR) is 104 cm³/mol. The van der Waals surface area contributed by atoms with Crippen molar-refractivity contribution in [3.8, 4) is 5.75 Å². The van der Waals surface area contributed by atoms with Crippen molar-refractivity contribution in [1.29, 1.82) is 0 Å². The van der Waals surface area contributed by atoms with E-state index in [1.165, 1.54) is 37.9 Å². The molecule has 1 fully saturated rings. The van der Waals surface area contributed by atoms with Crippen LogP contribution in [0.5, 0.6) is 5.75 Å². The number of nitrogens with one attached hydrogen (secondary N) is 1. The molecule has 1 N–H and O–H groups in total. The molecule has 0 saturated carbocycles. The molecule has 138 valence electrons. The van der Waals surface area contributed by atoms with Crippen molar-refractivity contribution in [3.63, 3.8) is 0 Å². The number of hydrogen-bond acceptors (Lipinski definition) is 3. The van der Waals surface area contributed by atoms with Gasteiger partial charge in [-0.2, -0.15) is 0 Å². The summed E-state index contributed by atoms with van der Waals surface area (Å²) in [5.41, 5.74) is 2.44. The first kappa shape index (κ1) is 18.5. The number of amides is 1. The van der Waals surface area contributed by atoms with E-state index in [1.807, 2.05) is 30.3 Å². The number of rotatable bonds is 7. The van der Waals surface area contributed by atoms with Gasteiger partial charge in [0.25, 0.3) is 5.91 Å². The van der Waals surface area contributed by atoms with Gasteiger partial charge in [0.2, 0.25) is 0 Å². The molecular formula is C22H28N2O2. The Hall–Kier alpha value is -2.33. The van der Waals surface area contributed by atoms with Gasteiger partial charge in [-0.1, -0.05) is 48.9 Å². The normalized spacial score (nSPS) is 16.0. The highest BCUT2D eigenvalue weighted by Gasteiger charge is 2.14. The monoisotopic (exact) mass is 352 g/mol. The number of benzene rings is 2. The van der Waals surface area contributed by atoms with Crippen LogP contribution >= 0.6 is 0 Å². The molecule has 4 nitrogen and oxygen atoms in total. The lowest BCUT2D eigenvalue weighted by atomic mass is 10.1. The first-order valence-corrected chi connectivity index (χ1v) is 9.50. The van der Waals surface area contributed by atoms with Gasteiger partial charge in [-0.05, 0) is 56.1 Å². The average Bonchev–Trinajstić information content (AvgIpc) is 2.69. The average molecular weight is 352 g/mol. The molecule has 1 saturated heterocycles. The van der Waals surface area contributed by atoms with Gasteiger partial charge in [-0.15, -0.1) is 0 Å². The lowest BCUT2D eigenvalue weighted by molar-refractivity contribution is -0.127. The summed E-state index contributed by atoms with van der Waals surface area (Å²) in [6.45, 7) is 5.72. The van der Waals surface area contributed by atoms with Crippen LogP contribution in [-0.2, 0) is 17.9 Å². The molecule has 0 aromatic heterocycles. The third-order valence-electron chi connectivity index (χ3n) is 4.77. The fraction of sp³-hybridized carbons (Fsp3) is 0.409. The van der Waals surface area contributed by atoms with E-state index in [2.05, 4.69) is 34.5 Å². The molecule has 1 atom stereocenters. The number of hydrogen-bond donors (Lipinski definition) is 1. The first-order chi connectivity index (χ1) is 12.7. The second-order valence-corrected chi connectivity index (χ2v) is 6.94. The molecule has 26 heavy (non-hydrogen) atoms. The summed E-state index contributed by atoms with van der Waals surface area (Å²) >= 11 is 0. The van der Waals surface area contributed by atoms with E-state index in [-0.39, 0.29) is 5.91 Å². The third-order valence-corrected chi connectivity index (χ3v) is 4.77. The Morgan fingerprint density at radius 1 is 1.00 bits per heavy atom. The minimum Gasteiger partial charge on any atom is -0.481 e. The highest BCUT2D eigenvalue weighted by Crippen LogP contribution is 2.14. The molecule has 1 aliphatic heterocycles. The number of ether oxygens (including phenoxy) is 1. The Balaban J connectivity index is 1.44. The Morgan fingerprint density at radius 3 is 2.35 bits per heavy atom. The van der Waals surface area contributed by atoms with Crippen LogP contribution in [0, 0.1) is 0 Å². The number of para-hydroxylation sites is 1. The van der Waals surface area contributed by atoms with Crippen molar-refractivity contribution >= 4 is 5.91 Å². The molecule has 1 aliphatic rings. The van der Waals surface area contributed by atoms with Crippen LogP contribution in [0.25, 0.3) is 0 Å². The second kappa shape index (κ2) is 9.39. The number of carbonyl (C=O) groups is 1. The largest absolute Gasteiger partial charge is 0.481 e. The number of likely N-dealkylation sites (tertiary alicyclic amines) is 1. The van der Waals surface area contributed by atoms with Gasteiger partial charge in [0.05, 0.1) is 0 Å². The van der Waals surface area contributed by atoms with E-state index in [0.29, 0.717) is 12.3 Å². The second-order valence-electron chi connectivity index (χ2n) is 6.94. The third kappa shape index (κ3) is 5.60. The van der Waals surface area contributed by atoms with Gasteiger partial charge < -0.3 is 10.1 Å². The molecule has 0 aliphatic carbocycles. The fourth-order valence-electron chi connectivity index (χ4n) is 3.23. The number of carbonyl (C=O) groups excluding carboxylic acids is 1. The maximum atomic E-state index is 12.2. The maximum absolute atomic E-state index is 12.2. The summed E-state index contributed by atoms with van der Waals surface area (Å²) in [5.74, 6) is 0.600. The van der Waals surface area contributed by atoms with Gasteiger partial charge in [0.15, 0.2) is 6.10 Å². The number of piperidine rings is 1. The predicted octanol–water partition coefficient (Wildman–Crippen LogP) is 3.76. The summed E-state index contributed by atoms with van der Waals surface area (Å²) in [5, 5.41) is 2.95. The Morgan fingerprint density at radius 2 is 1.65 bits per heavy atom. The van der Waals surface area contributed by atoms with Crippen molar-refractivity contribution in [2.45, 2.75) is 45.4 Å². The molecule has 0 bridgehead atoms. The van der Waals surface area contributed by atoms with Gasteiger partial charge in [0, 0.05) is 13.1 Å². The van der Waals surface area contributed by atoms with Gasteiger partial charge in [-0.25, -0.2) is 0 Å². The highest BCUT2D eigenvalue weighted by atomic mass is 16.5. The van der Waals surface area contributed by atoms with E-state index in [0.717, 1.165) is 12.1 Å². The summed E-state index contributed by atoms with van der Waals surface area (Å²) < 4.78 is 5.65. The van der Waals surface area contributed by atoms with Crippen LogP contribution in [0.1, 0.15) is 37.3 Å². The Bertz CT molecular complexity index is 679. The van der Waals surface area contributed by atoms with E-state index < -0.39 is 6.10 Å². The molecule has 1 amide bonds. The lowest BCUT2D eigenvalue weighted by Gasteiger charge is -2.26. The van der Waals surface area contributed by atoms with Crippen LogP contribution in [0.3, 0.4) is 0 Å². The number of nitrogens with zero attached hydrogens (tertiary/aromatic N) is 1. The molecule has 4 heteroatoms. The Kier molecular flexibility index (Phi) is 6.67. The molecule has 2 aromatic carbocycles. The molecular weight excluding hydrogens is 324 g/mol. The van der Waals surface area contributed by atoms with Crippen LogP contribution in [0.2, 0.25) is 0 Å². The molecule has 3 rings (SSSR count). The maximum Gasteiger partial charge on any atom is 0.261 e. The summed E-state index contributed by atoms with van der Waals surface area (Å²) in [4.78, 5) is 14.7. The zero-order valence-corrected chi connectivity index (χ0v) is 15.5. The summed E-state index contributed by atoms with van der Waals surface area (Å²) in [7, 11) is 0. The van der Waals surface area contributed by atoms with Crippen LogP contribution in [-0.4, -0.2) is 30.0 Å². The Labute approximate surface area is 156 Å². The quantitative estimate of drug-likeness (QED) is 0.825. The van der Waals surface area contributed by atoms with Crippen molar-refractivity contribution in [1.82, 2.24) is 10.2 Å². The van der Waals surface area contributed by atoms with E-state index in [4.69, 9.17) is 4.74 Å². The smallest absolute Gasteiger partial charge is 0.261 e. The van der Waals surface area contributed by atoms with Crippen LogP contribution in [0.4, 0.5) is 0 Å². The van der Waals surface area contributed by atoms with Crippen molar-refractivity contribution in [2.75, 3.05) is 13.1 Å².